The summed E-state index contributed by atoms with van der Waals surface area (Å²) in [6, 6.07) is 28.6. The standard InChI is InChI=1S/C27H25N3O5S/c1-29(22-8-4-2-5-9-22)27(31)35-25-15-12-21(13-16-25)18-19-30(36(32)33)23-14-17-26(28-20-23)34-24-10-6-3-7-11-24/h2-17,20H,18-19H2,1H3,(H,32,33)/p-1. The van der Waals surface area contributed by atoms with Crippen molar-refractivity contribution in [3.8, 4) is 17.4 Å². The molecule has 1 amide bonds. The van der Waals surface area contributed by atoms with Gasteiger partial charge >= 0.3 is 6.09 Å². The predicted molar refractivity (Wildman–Crippen MR) is 138 cm³/mol. The van der Waals surface area contributed by atoms with Crippen molar-refractivity contribution < 1.29 is 23.0 Å². The highest BCUT2D eigenvalue weighted by molar-refractivity contribution is 7.80. The zero-order valence-corrected chi connectivity index (χ0v) is 20.3. The van der Waals surface area contributed by atoms with E-state index in [2.05, 4.69) is 4.98 Å². The van der Waals surface area contributed by atoms with Crippen LogP contribution in [0.1, 0.15) is 5.56 Å². The van der Waals surface area contributed by atoms with Crippen LogP contribution in [0.15, 0.2) is 103 Å². The Hall–Kier alpha value is -4.21. The molecular weight excluding hydrogens is 478 g/mol. The second-order valence-electron chi connectivity index (χ2n) is 7.75. The molecule has 9 heteroatoms. The van der Waals surface area contributed by atoms with Crippen LogP contribution in [0.3, 0.4) is 0 Å². The third-order valence-corrected chi connectivity index (χ3v) is 6.06. The summed E-state index contributed by atoms with van der Waals surface area (Å²) in [7, 11) is 1.64. The van der Waals surface area contributed by atoms with Gasteiger partial charge in [0.05, 0.1) is 11.9 Å². The number of rotatable bonds is 9. The summed E-state index contributed by atoms with van der Waals surface area (Å²) in [5.74, 6) is 1.40. The van der Waals surface area contributed by atoms with Gasteiger partial charge in [0.25, 0.3) is 0 Å². The molecule has 0 aliphatic carbocycles. The lowest BCUT2D eigenvalue weighted by molar-refractivity contribution is 0.209. The van der Waals surface area contributed by atoms with Gasteiger partial charge in [0.15, 0.2) is 0 Å². The van der Waals surface area contributed by atoms with Crippen molar-refractivity contribution in [1.29, 1.82) is 0 Å². The molecule has 4 rings (SSSR count). The molecule has 184 valence electrons. The molecule has 8 nitrogen and oxygen atoms in total. The summed E-state index contributed by atoms with van der Waals surface area (Å²) in [6.07, 6.45) is 1.41. The molecule has 0 fully saturated rings. The van der Waals surface area contributed by atoms with Crippen LogP contribution in [0.25, 0.3) is 0 Å². The van der Waals surface area contributed by atoms with E-state index >= 15 is 0 Å². The molecule has 0 saturated carbocycles. The molecule has 36 heavy (non-hydrogen) atoms. The first-order valence-corrected chi connectivity index (χ1v) is 12.2. The zero-order chi connectivity index (χ0) is 25.3. The Morgan fingerprint density at radius 2 is 1.53 bits per heavy atom. The fourth-order valence-corrected chi connectivity index (χ4v) is 3.88. The average Bonchev–Trinajstić information content (AvgIpc) is 2.91. The second-order valence-corrected chi connectivity index (χ2v) is 8.62. The van der Waals surface area contributed by atoms with Crippen LogP contribution in [-0.2, 0) is 17.7 Å². The Morgan fingerprint density at radius 3 is 2.14 bits per heavy atom. The SMILES string of the molecule is CN(C(=O)Oc1ccc(CCN(c2ccc(Oc3ccccc3)nc2)S(=O)[O-])cc1)c1ccccc1. The molecule has 0 spiro atoms. The van der Waals surface area contributed by atoms with Crippen molar-refractivity contribution >= 4 is 28.7 Å². The molecule has 3 aromatic carbocycles. The number of aromatic nitrogens is 1. The monoisotopic (exact) mass is 502 g/mol. The molecule has 0 radical (unpaired) electrons. The highest BCUT2D eigenvalue weighted by atomic mass is 32.2. The van der Waals surface area contributed by atoms with Crippen molar-refractivity contribution in [3.63, 3.8) is 0 Å². The van der Waals surface area contributed by atoms with E-state index in [9.17, 15) is 13.6 Å². The molecule has 1 unspecified atom stereocenters. The van der Waals surface area contributed by atoms with E-state index in [0.717, 1.165) is 11.3 Å². The number of anilines is 2. The summed E-state index contributed by atoms with van der Waals surface area (Å²) >= 11 is -2.48. The average molecular weight is 503 g/mol. The third-order valence-electron chi connectivity index (χ3n) is 5.30. The summed E-state index contributed by atoms with van der Waals surface area (Å²) in [5.41, 5.74) is 2.04. The van der Waals surface area contributed by atoms with Gasteiger partial charge in [-0.15, -0.1) is 0 Å². The number of amides is 1. The Balaban J connectivity index is 1.33. The highest BCUT2D eigenvalue weighted by Gasteiger charge is 2.13. The quantitative estimate of drug-likeness (QED) is 0.286. The first-order chi connectivity index (χ1) is 17.5. The van der Waals surface area contributed by atoms with E-state index in [1.807, 2.05) is 60.7 Å². The number of para-hydroxylation sites is 2. The first kappa shape index (κ1) is 24.9. The molecule has 4 aromatic rings. The van der Waals surface area contributed by atoms with Gasteiger partial charge in [-0.3, -0.25) is 9.11 Å². The maximum Gasteiger partial charge on any atom is 0.419 e. The van der Waals surface area contributed by atoms with Crippen molar-refractivity contribution in [3.05, 3.63) is 109 Å². The fourth-order valence-electron chi connectivity index (χ4n) is 3.36. The second kappa shape index (κ2) is 12.0. The normalized spacial score (nSPS) is 11.4. The maximum absolute atomic E-state index is 12.4. The number of pyridine rings is 1. The molecule has 0 saturated heterocycles. The van der Waals surface area contributed by atoms with Crippen molar-refractivity contribution in [2.24, 2.45) is 0 Å². The Labute approximate surface area is 212 Å². The van der Waals surface area contributed by atoms with E-state index in [-0.39, 0.29) is 6.54 Å². The van der Waals surface area contributed by atoms with Gasteiger partial charge in [-0.1, -0.05) is 48.5 Å². The Morgan fingerprint density at radius 1 is 0.861 bits per heavy atom. The molecule has 1 heterocycles. The number of carbonyl (C=O) groups is 1. The molecule has 1 aromatic heterocycles. The van der Waals surface area contributed by atoms with Gasteiger partial charge < -0.3 is 18.3 Å². The fraction of sp³-hybridized carbons (Fsp3) is 0.111. The van der Waals surface area contributed by atoms with Crippen molar-refractivity contribution in [2.75, 3.05) is 22.8 Å². The van der Waals surface area contributed by atoms with E-state index in [4.69, 9.17) is 9.47 Å². The van der Waals surface area contributed by atoms with Crippen LogP contribution in [0.2, 0.25) is 0 Å². The van der Waals surface area contributed by atoms with Crippen LogP contribution < -0.4 is 18.7 Å². The smallest absolute Gasteiger partial charge is 0.419 e. The minimum absolute atomic E-state index is 0.215. The molecule has 0 bridgehead atoms. The minimum Gasteiger partial charge on any atom is -0.755 e. The largest absolute Gasteiger partial charge is 0.755 e. The predicted octanol–water partition coefficient (Wildman–Crippen LogP) is 5.35. The molecule has 0 aliphatic rings. The number of nitrogens with zero attached hydrogens (tertiary/aromatic N) is 3. The molecule has 0 aliphatic heterocycles. The Kier molecular flexibility index (Phi) is 8.28. The number of ether oxygens (including phenoxy) is 2. The number of hydrogen-bond donors (Lipinski definition) is 0. The minimum atomic E-state index is -2.48. The van der Waals surface area contributed by atoms with Crippen LogP contribution in [0.4, 0.5) is 16.2 Å². The van der Waals surface area contributed by atoms with Crippen molar-refractivity contribution in [1.82, 2.24) is 4.98 Å². The Bertz CT molecular complexity index is 1290. The molecular formula is C27H24N3O5S-. The number of hydrogen-bond acceptors (Lipinski definition) is 6. The van der Waals surface area contributed by atoms with Crippen molar-refractivity contribution in [2.45, 2.75) is 6.42 Å². The lowest BCUT2D eigenvalue weighted by Gasteiger charge is -2.26. The topological polar surface area (TPSA) is 95.0 Å². The highest BCUT2D eigenvalue weighted by Crippen LogP contribution is 2.23. The summed E-state index contributed by atoms with van der Waals surface area (Å²) in [4.78, 5) is 18.0. The lowest BCUT2D eigenvalue weighted by atomic mass is 10.1. The van der Waals surface area contributed by atoms with Crippen LogP contribution in [-0.4, -0.2) is 33.4 Å². The zero-order valence-electron chi connectivity index (χ0n) is 19.5. The molecule has 1 atom stereocenters. The van der Waals surface area contributed by atoms with E-state index in [1.165, 1.54) is 15.4 Å². The van der Waals surface area contributed by atoms with E-state index < -0.39 is 17.4 Å². The van der Waals surface area contributed by atoms with Gasteiger partial charge in [0.2, 0.25) is 5.88 Å². The van der Waals surface area contributed by atoms with Crippen LogP contribution in [0, 0.1) is 0 Å². The van der Waals surface area contributed by atoms with Gasteiger partial charge in [-0.05, 0) is 54.4 Å². The van der Waals surface area contributed by atoms with E-state index in [0.29, 0.717) is 29.5 Å². The van der Waals surface area contributed by atoms with E-state index in [1.54, 1.807) is 43.4 Å². The van der Waals surface area contributed by atoms with Gasteiger partial charge in [-0.25, -0.2) is 9.78 Å². The van der Waals surface area contributed by atoms with Gasteiger partial charge in [0.1, 0.15) is 11.5 Å². The number of carbonyl (C=O) groups excluding carboxylic acids is 1. The van der Waals surface area contributed by atoms with Gasteiger partial charge in [-0.2, -0.15) is 0 Å². The summed E-state index contributed by atoms with van der Waals surface area (Å²) < 4.78 is 36.0. The maximum atomic E-state index is 12.4. The first-order valence-electron chi connectivity index (χ1n) is 11.1. The van der Waals surface area contributed by atoms with Crippen LogP contribution >= 0.6 is 0 Å². The number of benzene rings is 3. The summed E-state index contributed by atoms with van der Waals surface area (Å²) in [6.45, 7) is 0.215. The lowest BCUT2D eigenvalue weighted by Crippen LogP contribution is -2.29. The van der Waals surface area contributed by atoms with Gasteiger partial charge in [0, 0.05) is 36.6 Å². The summed E-state index contributed by atoms with van der Waals surface area (Å²) in [5, 5.41) is 0. The third kappa shape index (κ3) is 6.68. The molecule has 0 N–H and O–H groups in total. The van der Waals surface area contributed by atoms with Crippen LogP contribution in [0.5, 0.6) is 17.4 Å².